The third-order valence-electron chi connectivity index (χ3n) is 5.97. The maximum Gasteiger partial charge on any atom is 0.337 e. The monoisotopic (exact) mass is 631 g/mol. The number of halogens is 2. The summed E-state index contributed by atoms with van der Waals surface area (Å²) >= 11 is 13.4. The van der Waals surface area contributed by atoms with Gasteiger partial charge in [-0.2, -0.15) is 11.8 Å². The number of pyridine rings is 2. The Bertz CT molecular complexity index is 1640. The molecule has 5 rings (SSSR count). The fourth-order valence-electron chi connectivity index (χ4n) is 4.23. The lowest BCUT2D eigenvalue weighted by Crippen LogP contribution is -2.32. The maximum absolute atomic E-state index is 13.2. The SMILES string of the molecule is COc1ncc(C(=O)O)cc1-c1nc2c(n1C(C)C)CN(c1cc(Cl)cn(C)c1=O)C2=O.CSC.Clc1ccccc1. The first kappa shape index (κ1) is 32.7. The summed E-state index contributed by atoms with van der Waals surface area (Å²) in [5.41, 5.74) is 0.905. The van der Waals surface area contributed by atoms with Crippen LogP contribution in [0.4, 0.5) is 5.69 Å². The van der Waals surface area contributed by atoms with Crippen LogP contribution in [0.2, 0.25) is 10.0 Å². The lowest BCUT2D eigenvalue weighted by Gasteiger charge is -2.20. The molecule has 0 unspecified atom stereocenters. The number of amides is 1. The highest BCUT2D eigenvalue weighted by Crippen LogP contribution is 2.36. The third kappa shape index (κ3) is 7.15. The van der Waals surface area contributed by atoms with Crippen LogP contribution in [0.3, 0.4) is 0 Å². The van der Waals surface area contributed by atoms with Gasteiger partial charge in [0, 0.05) is 30.5 Å². The van der Waals surface area contributed by atoms with Crippen molar-refractivity contribution in [3.63, 3.8) is 0 Å². The molecule has 4 heterocycles. The number of methoxy groups -OCH3 is 1. The van der Waals surface area contributed by atoms with Crippen molar-refractivity contribution in [3.8, 4) is 17.3 Å². The van der Waals surface area contributed by atoms with Crippen molar-refractivity contribution in [2.45, 2.75) is 26.4 Å². The Kier molecular flexibility index (Phi) is 11.2. The lowest BCUT2D eigenvalue weighted by molar-refractivity contribution is 0.0696. The summed E-state index contributed by atoms with van der Waals surface area (Å²) in [6, 6.07) is 12.2. The van der Waals surface area contributed by atoms with Crippen molar-refractivity contribution in [2.75, 3.05) is 24.5 Å². The highest BCUT2D eigenvalue weighted by Gasteiger charge is 2.38. The van der Waals surface area contributed by atoms with E-state index in [1.54, 1.807) is 18.8 Å². The van der Waals surface area contributed by atoms with Crippen LogP contribution in [0, 0.1) is 0 Å². The van der Waals surface area contributed by atoms with E-state index in [4.69, 9.17) is 27.9 Å². The number of imidazole rings is 1. The summed E-state index contributed by atoms with van der Waals surface area (Å²) in [5.74, 6) is -1.03. The summed E-state index contributed by atoms with van der Waals surface area (Å²) in [4.78, 5) is 47.3. The molecule has 3 aromatic heterocycles. The molecule has 1 N–H and O–H groups in total. The van der Waals surface area contributed by atoms with Crippen molar-refractivity contribution >= 4 is 52.5 Å². The Balaban J connectivity index is 0.000000413. The van der Waals surface area contributed by atoms with Crippen LogP contribution in [-0.4, -0.2) is 55.7 Å². The zero-order valence-electron chi connectivity index (χ0n) is 24.0. The number of hydrogen-bond donors (Lipinski definition) is 1. The van der Waals surface area contributed by atoms with Gasteiger partial charge >= 0.3 is 5.97 Å². The number of hydrogen-bond acceptors (Lipinski definition) is 7. The minimum atomic E-state index is -1.14. The standard InChI is InChI=1S/C21H20ClN5O5.C6H5Cl.C2H6S/c1-10(2)27-15-9-26(14-6-12(22)8-25(3)19(14)28)20(29)16(15)24-17(27)13-5-11(21(30)31)7-23-18(13)32-4;7-6-4-2-1-3-5-6;1-3-2/h5-8,10H,9H2,1-4H3,(H,30,31);1-5H;1-2H3. The first-order chi connectivity index (χ1) is 19.9. The molecule has 1 aromatic carbocycles. The molecule has 13 heteroatoms. The highest BCUT2D eigenvalue weighted by molar-refractivity contribution is 7.97. The van der Waals surface area contributed by atoms with Crippen LogP contribution < -0.4 is 15.2 Å². The number of aromatic nitrogens is 4. The number of ether oxygens (including phenoxy) is 1. The van der Waals surface area contributed by atoms with E-state index in [9.17, 15) is 19.5 Å². The molecular weight excluding hydrogens is 601 g/mol. The molecule has 1 amide bonds. The summed E-state index contributed by atoms with van der Waals surface area (Å²) in [5, 5.41) is 10.5. The van der Waals surface area contributed by atoms with E-state index in [2.05, 4.69) is 9.97 Å². The van der Waals surface area contributed by atoms with Gasteiger partial charge in [-0.1, -0.05) is 41.4 Å². The predicted octanol–water partition coefficient (Wildman–Crippen LogP) is 6.06. The van der Waals surface area contributed by atoms with Gasteiger partial charge in [0.05, 0.1) is 35.5 Å². The van der Waals surface area contributed by atoms with Gasteiger partial charge in [0.15, 0.2) is 5.69 Å². The Morgan fingerprint density at radius 2 is 1.74 bits per heavy atom. The van der Waals surface area contributed by atoms with E-state index < -0.39 is 11.9 Å². The van der Waals surface area contributed by atoms with Crippen LogP contribution in [-0.2, 0) is 13.6 Å². The largest absolute Gasteiger partial charge is 0.480 e. The molecule has 1 aliphatic heterocycles. The summed E-state index contributed by atoms with van der Waals surface area (Å²) in [6.07, 6.45) is 6.75. The number of carboxylic acid groups (broad SMARTS) is 1. The molecule has 0 aliphatic carbocycles. The normalized spacial score (nSPS) is 11.8. The van der Waals surface area contributed by atoms with Crippen molar-refractivity contribution in [1.29, 1.82) is 0 Å². The number of aryl methyl sites for hydroxylation is 1. The van der Waals surface area contributed by atoms with Gasteiger partial charge in [-0.05, 0) is 50.6 Å². The Morgan fingerprint density at radius 3 is 2.26 bits per heavy atom. The zero-order valence-corrected chi connectivity index (χ0v) is 26.3. The maximum atomic E-state index is 13.2. The van der Waals surface area contributed by atoms with E-state index in [0.29, 0.717) is 22.1 Å². The van der Waals surface area contributed by atoms with E-state index in [0.717, 1.165) is 5.02 Å². The molecule has 222 valence electrons. The highest BCUT2D eigenvalue weighted by atomic mass is 35.5. The number of carbonyl (C=O) groups excluding carboxylic acids is 1. The number of aromatic carboxylic acids is 1. The zero-order chi connectivity index (χ0) is 31.1. The fraction of sp³-hybridized carbons (Fsp3) is 0.276. The van der Waals surface area contributed by atoms with Crippen molar-refractivity contribution < 1.29 is 19.4 Å². The second-order valence-corrected chi connectivity index (χ2v) is 11.0. The second-order valence-electron chi connectivity index (χ2n) is 9.34. The minimum Gasteiger partial charge on any atom is -0.480 e. The van der Waals surface area contributed by atoms with Gasteiger partial charge in [-0.25, -0.2) is 14.8 Å². The summed E-state index contributed by atoms with van der Waals surface area (Å²) in [6.45, 7) is 3.94. The number of thioether (sulfide) groups is 1. The molecule has 0 bridgehead atoms. The molecule has 0 fully saturated rings. The Hall–Kier alpha value is -3.80. The molecule has 42 heavy (non-hydrogen) atoms. The van der Waals surface area contributed by atoms with Gasteiger partial charge in [0.25, 0.3) is 11.5 Å². The predicted molar refractivity (Wildman–Crippen MR) is 167 cm³/mol. The van der Waals surface area contributed by atoms with Crippen LogP contribution in [0.25, 0.3) is 11.4 Å². The number of nitrogens with zero attached hydrogens (tertiary/aromatic N) is 5. The third-order valence-corrected chi connectivity index (χ3v) is 6.43. The molecule has 0 spiro atoms. The quantitative estimate of drug-likeness (QED) is 0.282. The molecule has 0 radical (unpaired) electrons. The minimum absolute atomic E-state index is 0.0327. The van der Waals surface area contributed by atoms with Crippen LogP contribution in [0.1, 0.15) is 46.4 Å². The molecule has 0 saturated heterocycles. The molecule has 1 aliphatic rings. The van der Waals surface area contributed by atoms with E-state index in [1.807, 2.05) is 61.3 Å². The number of anilines is 1. The van der Waals surface area contributed by atoms with Crippen molar-refractivity contribution in [2.24, 2.45) is 7.05 Å². The fourth-order valence-corrected chi connectivity index (χ4v) is 4.63. The summed E-state index contributed by atoms with van der Waals surface area (Å²) in [7, 11) is 2.98. The Labute approximate surface area is 257 Å². The topological polar surface area (TPSA) is 120 Å². The number of carboxylic acids is 1. The van der Waals surface area contributed by atoms with Gasteiger partial charge < -0.3 is 19.0 Å². The number of carbonyl (C=O) groups is 2. The van der Waals surface area contributed by atoms with E-state index >= 15 is 0 Å². The van der Waals surface area contributed by atoms with E-state index in [1.165, 1.54) is 41.1 Å². The first-order valence-electron chi connectivity index (χ1n) is 12.6. The first-order valence-corrected chi connectivity index (χ1v) is 15.0. The van der Waals surface area contributed by atoms with E-state index in [-0.39, 0.29) is 41.0 Å². The molecule has 0 saturated carbocycles. The van der Waals surface area contributed by atoms with Crippen molar-refractivity contribution in [3.05, 3.63) is 92.2 Å². The van der Waals surface area contributed by atoms with Crippen molar-refractivity contribution in [1.82, 2.24) is 19.1 Å². The van der Waals surface area contributed by atoms with Crippen LogP contribution in [0.15, 0.2) is 59.7 Å². The average molecular weight is 633 g/mol. The summed E-state index contributed by atoms with van der Waals surface area (Å²) < 4.78 is 8.46. The van der Waals surface area contributed by atoms with Gasteiger partial charge in [0.1, 0.15) is 11.5 Å². The Morgan fingerprint density at radius 1 is 1.10 bits per heavy atom. The molecule has 4 aromatic rings. The van der Waals surface area contributed by atoms with Gasteiger partial charge in [-0.3, -0.25) is 14.5 Å². The van der Waals surface area contributed by atoms with Crippen LogP contribution in [0.5, 0.6) is 5.88 Å². The van der Waals surface area contributed by atoms with Crippen LogP contribution >= 0.6 is 35.0 Å². The average Bonchev–Trinajstić information content (AvgIpc) is 3.48. The molecular formula is C29H31Cl2N5O5S. The smallest absolute Gasteiger partial charge is 0.337 e. The molecule has 10 nitrogen and oxygen atoms in total. The number of rotatable bonds is 5. The number of benzene rings is 1. The molecule has 0 atom stereocenters. The second kappa shape index (κ2) is 14.4. The van der Waals surface area contributed by atoms with Gasteiger partial charge in [0.2, 0.25) is 5.88 Å². The van der Waals surface area contributed by atoms with Gasteiger partial charge in [-0.15, -0.1) is 0 Å². The lowest BCUT2D eigenvalue weighted by atomic mass is 10.1. The number of fused-ring (bicyclic) bond motifs is 1.